The van der Waals surface area contributed by atoms with Gasteiger partial charge in [-0.2, -0.15) is 0 Å². The third-order valence-electron chi connectivity index (χ3n) is 4.48. The van der Waals surface area contributed by atoms with Crippen molar-refractivity contribution in [3.63, 3.8) is 0 Å². The van der Waals surface area contributed by atoms with Crippen LogP contribution in [0.1, 0.15) is 23.4 Å². The fraction of sp³-hybridized carbons (Fsp3) is 0.211. The van der Waals surface area contributed by atoms with Crippen LogP contribution in [0.2, 0.25) is 5.02 Å². The van der Waals surface area contributed by atoms with Crippen molar-refractivity contribution in [3.05, 3.63) is 59.6 Å². The first kappa shape index (κ1) is 16.6. The van der Waals surface area contributed by atoms with Crippen LogP contribution in [0.25, 0.3) is 10.9 Å². The van der Waals surface area contributed by atoms with Crippen molar-refractivity contribution in [2.24, 2.45) is 0 Å². The van der Waals surface area contributed by atoms with E-state index in [-0.39, 0.29) is 17.6 Å². The van der Waals surface area contributed by atoms with Crippen LogP contribution in [-0.4, -0.2) is 34.3 Å². The van der Waals surface area contributed by atoms with Crippen LogP contribution in [0.5, 0.6) is 0 Å². The van der Waals surface area contributed by atoms with Crippen molar-refractivity contribution in [2.75, 3.05) is 11.9 Å². The molecule has 0 radical (unpaired) electrons. The van der Waals surface area contributed by atoms with Crippen molar-refractivity contribution in [3.8, 4) is 0 Å². The number of anilines is 1. The molecule has 1 atom stereocenters. The predicted octanol–water partition coefficient (Wildman–Crippen LogP) is 3.72. The molecule has 1 saturated heterocycles. The van der Waals surface area contributed by atoms with Crippen molar-refractivity contribution in [2.45, 2.75) is 18.9 Å². The summed E-state index contributed by atoms with van der Waals surface area (Å²) < 4.78 is 5.18. The Morgan fingerprint density at radius 3 is 2.96 bits per heavy atom. The Morgan fingerprint density at radius 2 is 2.15 bits per heavy atom. The molecule has 0 aliphatic carbocycles. The minimum absolute atomic E-state index is 0.236. The summed E-state index contributed by atoms with van der Waals surface area (Å²) in [6, 6.07) is 9.86. The predicted molar refractivity (Wildman–Crippen MR) is 98.1 cm³/mol. The molecular formula is C19H16ClN3O3. The number of aromatic nitrogens is 1. The minimum atomic E-state index is -0.551. The molecule has 1 unspecified atom stereocenters. The van der Waals surface area contributed by atoms with E-state index < -0.39 is 6.04 Å². The number of halogens is 1. The van der Waals surface area contributed by atoms with Crippen LogP contribution in [0.3, 0.4) is 0 Å². The average Bonchev–Trinajstić information content (AvgIpc) is 3.33. The fourth-order valence-corrected chi connectivity index (χ4v) is 3.52. The molecule has 26 heavy (non-hydrogen) atoms. The highest BCUT2D eigenvalue weighted by atomic mass is 35.5. The minimum Gasteiger partial charge on any atom is -0.459 e. The molecule has 3 heterocycles. The zero-order valence-corrected chi connectivity index (χ0v) is 14.6. The molecule has 132 valence electrons. The maximum atomic E-state index is 12.8. The van der Waals surface area contributed by atoms with E-state index in [9.17, 15) is 9.59 Å². The molecule has 1 aliphatic rings. The molecule has 1 N–H and O–H groups in total. The highest BCUT2D eigenvalue weighted by Crippen LogP contribution is 2.28. The number of pyridine rings is 1. The quantitative estimate of drug-likeness (QED) is 0.763. The third-order valence-corrected chi connectivity index (χ3v) is 4.69. The van der Waals surface area contributed by atoms with Crippen LogP contribution in [0, 0.1) is 0 Å². The van der Waals surface area contributed by atoms with Crippen LogP contribution >= 0.6 is 11.6 Å². The summed E-state index contributed by atoms with van der Waals surface area (Å²) in [5, 5.41) is 4.24. The van der Waals surface area contributed by atoms with Crippen LogP contribution in [-0.2, 0) is 4.79 Å². The summed E-state index contributed by atoms with van der Waals surface area (Å²) in [6.07, 6.45) is 4.47. The van der Waals surface area contributed by atoms with Gasteiger partial charge in [-0.3, -0.25) is 14.6 Å². The Bertz CT molecular complexity index is 971. The lowest BCUT2D eigenvalue weighted by molar-refractivity contribution is -0.119. The number of benzene rings is 1. The van der Waals surface area contributed by atoms with Crippen LogP contribution < -0.4 is 5.32 Å². The average molecular weight is 370 g/mol. The van der Waals surface area contributed by atoms with Gasteiger partial charge in [0.2, 0.25) is 5.91 Å². The smallest absolute Gasteiger partial charge is 0.290 e. The monoisotopic (exact) mass is 369 g/mol. The number of furan rings is 1. The Balaban J connectivity index is 1.59. The Kier molecular flexibility index (Phi) is 4.34. The van der Waals surface area contributed by atoms with Gasteiger partial charge >= 0.3 is 0 Å². The number of hydrogen-bond acceptors (Lipinski definition) is 4. The maximum Gasteiger partial charge on any atom is 0.290 e. The molecule has 1 fully saturated rings. The van der Waals surface area contributed by atoms with Gasteiger partial charge < -0.3 is 14.6 Å². The van der Waals surface area contributed by atoms with Crippen molar-refractivity contribution in [1.82, 2.24) is 9.88 Å². The Morgan fingerprint density at radius 1 is 1.27 bits per heavy atom. The SMILES string of the molecule is O=C(Nc1cc(Cl)cc2cccnc12)C1CCCN1C(=O)c1ccco1. The first-order valence-corrected chi connectivity index (χ1v) is 8.71. The molecule has 3 aromatic rings. The number of carbonyl (C=O) groups is 2. The van der Waals surface area contributed by atoms with E-state index in [0.29, 0.717) is 29.2 Å². The molecule has 1 aliphatic heterocycles. The second kappa shape index (κ2) is 6.80. The first-order chi connectivity index (χ1) is 12.6. The summed E-state index contributed by atoms with van der Waals surface area (Å²) in [6.45, 7) is 0.520. The number of fused-ring (bicyclic) bond motifs is 1. The van der Waals surface area contributed by atoms with E-state index in [1.54, 1.807) is 35.4 Å². The van der Waals surface area contributed by atoms with Crippen molar-refractivity contribution in [1.29, 1.82) is 0 Å². The van der Waals surface area contributed by atoms with E-state index in [1.807, 2.05) is 12.1 Å². The Hall–Kier alpha value is -2.86. The van der Waals surface area contributed by atoms with E-state index in [0.717, 1.165) is 11.8 Å². The zero-order valence-electron chi connectivity index (χ0n) is 13.8. The highest BCUT2D eigenvalue weighted by molar-refractivity contribution is 6.32. The van der Waals surface area contributed by atoms with Gasteiger partial charge in [-0.15, -0.1) is 0 Å². The number of rotatable bonds is 3. The van der Waals surface area contributed by atoms with Crippen LogP contribution in [0.15, 0.2) is 53.3 Å². The molecule has 2 amide bonds. The zero-order chi connectivity index (χ0) is 18.1. The summed E-state index contributed by atoms with van der Waals surface area (Å²) in [7, 11) is 0. The molecule has 0 spiro atoms. The lowest BCUT2D eigenvalue weighted by atomic mass is 10.1. The molecule has 6 nitrogen and oxygen atoms in total. The Labute approximate surface area is 154 Å². The standard InChI is InChI=1S/C19H16ClN3O3/c20-13-10-12-4-1-7-21-17(12)14(11-13)22-18(24)15-5-2-8-23(15)19(25)16-6-3-9-26-16/h1,3-4,6-7,9-11,15H,2,5,8H2,(H,22,24). The second-order valence-electron chi connectivity index (χ2n) is 6.15. The van der Waals surface area contributed by atoms with Gasteiger partial charge in [0, 0.05) is 23.2 Å². The van der Waals surface area contributed by atoms with E-state index in [4.69, 9.17) is 16.0 Å². The normalized spacial score (nSPS) is 16.8. The third kappa shape index (κ3) is 3.04. The second-order valence-corrected chi connectivity index (χ2v) is 6.59. The molecule has 7 heteroatoms. The molecule has 2 aromatic heterocycles. The number of likely N-dealkylation sites (tertiary alicyclic amines) is 1. The molecule has 1 aromatic carbocycles. The topological polar surface area (TPSA) is 75.4 Å². The molecule has 4 rings (SSSR count). The molecule has 0 saturated carbocycles. The largest absolute Gasteiger partial charge is 0.459 e. The van der Waals surface area contributed by atoms with Gasteiger partial charge in [0.25, 0.3) is 5.91 Å². The van der Waals surface area contributed by atoms with Crippen molar-refractivity contribution < 1.29 is 14.0 Å². The van der Waals surface area contributed by atoms with Gasteiger partial charge in [-0.25, -0.2) is 0 Å². The molecule has 0 bridgehead atoms. The number of carbonyl (C=O) groups excluding carboxylic acids is 2. The lowest BCUT2D eigenvalue weighted by Crippen LogP contribution is -2.43. The number of amides is 2. The van der Waals surface area contributed by atoms with Crippen LogP contribution in [0.4, 0.5) is 5.69 Å². The van der Waals surface area contributed by atoms with E-state index in [1.165, 1.54) is 6.26 Å². The van der Waals surface area contributed by atoms with E-state index in [2.05, 4.69) is 10.3 Å². The first-order valence-electron chi connectivity index (χ1n) is 8.33. The van der Waals surface area contributed by atoms with Gasteiger partial charge in [0.15, 0.2) is 5.76 Å². The van der Waals surface area contributed by atoms with Crippen molar-refractivity contribution >= 4 is 40.0 Å². The number of nitrogens with one attached hydrogen (secondary N) is 1. The molecular weight excluding hydrogens is 354 g/mol. The summed E-state index contributed by atoms with van der Waals surface area (Å²) in [5.41, 5.74) is 1.20. The fourth-order valence-electron chi connectivity index (χ4n) is 3.29. The van der Waals surface area contributed by atoms with E-state index >= 15 is 0 Å². The van der Waals surface area contributed by atoms with Gasteiger partial charge in [-0.1, -0.05) is 17.7 Å². The lowest BCUT2D eigenvalue weighted by Gasteiger charge is -2.23. The summed E-state index contributed by atoms with van der Waals surface area (Å²) >= 11 is 6.16. The summed E-state index contributed by atoms with van der Waals surface area (Å²) in [5.74, 6) is -0.294. The van der Waals surface area contributed by atoms with Gasteiger partial charge in [0.05, 0.1) is 17.5 Å². The maximum absolute atomic E-state index is 12.8. The number of nitrogens with zero attached hydrogens (tertiary/aromatic N) is 2. The number of hydrogen-bond donors (Lipinski definition) is 1. The summed E-state index contributed by atoms with van der Waals surface area (Å²) in [4.78, 5) is 31.3. The van der Waals surface area contributed by atoms with Gasteiger partial charge in [0.1, 0.15) is 6.04 Å². The van der Waals surface area contributed by atoms with Gasteiger partial charge in [-0.05, 0) is 43.2 Å². The highest BCUT2D eigenvalue weighted by Gasteiger charge is 2.35.